The van der Waals surface area contributed by atoms with Crippen molar-refractivity contribution in [3.8, 4) is 5.75 Å². The van der Waals surface area contributed by atoms with Crippen molar-refractivity contribution in [3.05, 3.63) is 40.4 Å². The van der Waals surface area contributed by atoms with Crippen molar-refractivity contribution in [1.29, 1.82) is 0 Å². The third kappa shape index (κ3) is 3.13. The fourth-order valence-corrected chi connectivity index (χ4v) is 2.83. The van der Waals surface area contributed by atoms with Crippen LogP contribution in [0.5, 0.6) is 5.75 Å². The van der Waals surface area contributed by atoms with Gasteiger partial charge in [0, 0.05) is 12.0 Å². The van der Waals surface area contributed by atoms with Gasteiger partial charge in [0.25, 0.3) is 0 Å². The summed E-state index contributed by atoms with van der Waals surface area (Å²) in [4.78, 5) is 5.40. The first-order chi connectivity index (χ1) is 10.2. The Morgan fingerprint density at radius 3 is 3.19 bits per heavy atom. The van der Waals surface area contributed by atoms with Crippen molar-refractivity contribution in [3.63, 3.8) is 0 Å². The molecule has 0 bridgehead atoms. The van der Waals surface area contributed by atoms with Crippen LogP contribution in [-0.2, 0) is 6.54 Å². The van der Waals surface area contributed by atoms with Crippen LogP contribution in [0.25, 0.3) is 0 Å². The fraction of sp³-hybridized carbons (Fsp3) is 0.357. The van der Waals surface area contributed by atoms with Crippen LogP contribution in [0, 0.1) is 6.92 Å². The zero-order valence-corrected chi connectivity index (χ0v) is 12.6. The minimum absolute atomic E-state index is 0.138. The number of fused-ring (bicyclic) bond motifs is 1. The molecule has 2 aromatic rings. The van der Waals surface area contributed by atoms with Crippen molar-refractivity contribution in [2.45, 2.75) is 25.9 Å². The summed E-state index contributed by atoms with van der Waals surface area (Å²) in [6.07, 6.45) is 0.869. The van der Waals surface area contributed by atoms with Gasteiger partial charge in [-0.1, -0.05) is 22.7 Å². The second-order valence-corrected chi connectivity index (χ2v) is 5.69. The van der Waals surface area contributed by atoms with Gasteiger partial charge in [0.1, 0.15) is 5.75 Å². The van der Waals surface area contributed by atoms with Gasteiger partial charge < -0.3 is 15.8 Å². The molecule has 0 spiro atoms. The van der Waals surface area contributed by atoms with Gasteiger partial charge in [-0.25, -0.2) is 4.99 Å². The number of aryl methyl sites for hydroxylation is 1. The Morgan fingerprint density at radius 2 is 2.38 bits per heavy atom. The zero-order chi connectivity index (χ0) is 14.7. The van der Waals surface area contributed by atoms with Crippen LogP contribution in [0.1, 0.15) is 28.6 Å². The SMILES string of the molecule is Cc1nnsc1CN=C(N)NC1CCOc2ccccc21. The van der Waals surface area contributed by atoms with Gasteiger partial charge in [-0.3, -0.25) is 0 Å². The number of aliphatic imine (C=N–C) groups is 1. The predicted octanol–water partition coefficient (Wildman–Crippen LogP) is 1.77. The number of rotatable bonds is 3. The van der Waals surface area contributed by atoms with E-state index in [4.69, 9.17) is 10.5 Å². The molecule has 1 aromatic heterocycles. The van der Waals surface area contributed by atoms with Crippen LogP contribution in [0.4, 0.5) is 0 Å². The maximum atomic E-state index is 5.99. The average Bonchev–Trinajstić information content (AvgIpc) is 2.91. The number of nitrogens with zero attached hydrogens (tertiary/aromatic N) is 3. The third-order valence-electron chi connectivity index (χ3n) is 3.42. The van der Waals surface area contributed by atoms with E-state index in [1.54, 1.807) is 0 Å². The molecule has 0 amide bonds. The molecule has 0 aliphatic carbocycles. The van der Waals surface area contributed by atoms with Crippen LogP contribution >= 0.6 is 11.5 Å². The minimum Gasteiger partial charge on any atom is -0.493 e. The topological polar surface area (TPSA) is 85.4 Å². The van der Waals surface area contributed by atoms with E-state index in [2.05, 4.69) is 26.0 Å². The molecule has 2 heterocycles. The summed E-state index contributed by atoms with van der Waals surface area (Å²) < 4.78 is 9.52. The quantitative estimate of drug-likeness (QED) is 0.667. The van der Waals surface area contributed by atoms with Gasteiger partial charge in [0.2, 0.25) is 0 Å². The van der Waals surface area contributed by atoms with Gasteiger partial charge in [0.15, 0.2) is 5.96 Å². The van der Waals surface area contributed by atoms with Gasteiger partial charge in [-0.2, -0.15) is 0 Å². The summed E-state index contributed by atoms with van der Waals surface area (Å²) in [5.41, 5.74) is 8.02. The van der Waals surface area contributed by atoms with E-state index in [0.717, 1.165) is 28.3 Å². The summed E-state index contributed by atoms with van der Waals surface area (Å²) in [6.45, 7) is 3.11. The fourth-order valence-electron chi connectivity index (χ4n) is 2.27. The molecule has 1 unspecified atom stereocenters. The molecule has 0 fully saturated rings. The second-order valence-electron chi connectivity index (χ2n) is 4.85. The lowest BCUT2D eigenvalue weighted by molar-refractivity contribution is 0.262. The molecule has 1 aliphatic heterocycles. The second kappa shape index (κ2) is 6.09. The van der Waals surface area contributed by atoms with E-state index in [9.17, 15) is 0 Å². The number of nitrogens with two attached hydrogens (primary N) is 1. The summed E-state index contributed by atoms with van der Waals surface area (Å²) in [5, 5.41) is 7.23. The molecule has 6 nitrogen and oxygen atoms in total. The Bertz CT molecular complexity index is 654. The molecular formula is C14H17N5OS. The van der Waals surface area contributed by atoms with Crippen LogP contribution < -0.4 is 15.8 Å². The smallest absolute Gasteiger partial charge is 0.189 e. The Balaban J connectivity index is 1.68. The standard InChI is InChI=1S/C14H17N5OS/c1-9-13(21-19-18-9)8-16-14(15)17-11-6-7-20-12-5-3-2-4-10(11)12/h2-5,11H,6-8H2,1H3,(H3,15,16,17). The molecule has 110 valence electrons. The first kappa shape index (κ1) is 13.8. The number of benzene rings is 1. The molecule has 7 heteroatoms. The Labute approximate surface area is 127 Å². The molecule has 21 heavy (non-hydrogen) atoms. The molecular weight excluding hydrogens is 286 g/mol. The number of hydrogen-bond acceptors (Lipinski definition) is 5. The van der Waals surface area contributed by atoms with E-state index in [0.29, 0.717) is 19.1 Å². The average molecular weight is 303 g/mol. The number of nitrogens with one attached hydrogen (secondary N) is 1. The highest BCUT2D eigenvalue weighted by Crippen LogP contribution is 2.31. The maximum Gasteiger partial charge on any atom is 0.189 e. The Kier molecular flexibility index (Phi) is 4.01. The summed E-state index contributed by atoms with van der Waals surface area (Å²) in [6, 6.07) is 8.14. The lowest BCUT2D eigenvalue weighted by Crippen LogP contribution is -2.37. The molecule has 1 atom stereocenters. The number of ether oxygens (including phenoxy) is 1. The predicted molar refractivity (Wildman–Crippen MR) is 82.4 cm³/mol. The molecule has 1 aliphatic rings. The lowest BCUT2D eigenvalue weighted by Gasteiger charge is -2.26. The number of guanidine groups is 1. The Hall–Kier alpha value is -2.15. The summed E-state index contributed by atoms with van der Waals surface area (Å²) in [5.74, 6) is 1.35. The van der Waals surface area contributed by atoms with Crippen molar-refractivity contribution in [2.24, 2.45) is 10.7 Å². The molecule has 0 saturated heterocycles. The highest BCUT2D eigenvalue weighted by Gasteiger charge is 2.21. The van der Waals surface area contributed by atoms with Gasteiger partial charge >= 0.3 is 0 Å². The van der Waals surface area contributed by atoms with Crippen molar-refractivity contribution in [1.82, 2.24) is 14.9 Å². The van der Waals surface area contributed by atoms with Gasteiger partial charge in [-0.05, 0) is 24.5 Å². The lowest BCUT2D eigenvalue weighted by atomic mass is 10.0. The number of hydrogen-bond donors (Lipinski definition) is 2. The first-order valence-electron chi connectivity index (χ1n) is 6.80. The molecule has 3 N–H and O–H groups in total. The van der Waals surface area contributed by atoms with Crippen molar-refractivity contribution >= 4 is 17.5 Å². The highest BCUT2D eigenvalue weighted by atomic mass is 32.1. The molecule has 3 rings (SSSR count). The van der Waals surface area contributed by atoms with E-state index in [1.807, 2.05) is 25.1 Å². The van der Waals surface area contributed by atoms with Crippen molar-refractivity contribution < 1.29 is 4.74 Å². The van der Waals surface area contributed by atoms with Gasteiger partial charge in [0.05, 0.1) is 29.8 Å². The van der Waals surface area contributed by atoms with Crippen molar-refractivity contribution in [2.75, 3.05) is 6.61 Å². The molecule has 0 radical (unpaired) electrons. The van der Waals surface area contributed by atoms with Crippen LogP contribution in [0.15, 0.2) is 29.3 Å². The highest BCUT2D eigenvalue weighted by molar-refractivity contribution is 7.05. The number of para-hydroxylation sites is 1. The van der Waals surface area contributed by atoms with Gasteiger partial charge in [-0.15, -0.1) is 5.10 Å². The summed E-state index contributed by atoms with van der Waals surface area (Å²) >= 11 is 1.35. The van der Waals surface area contributed by atoms with E-state index >= 15 is 0 Å². The van der Waals surface area contributed by atoms with E-state index in [-0.39, 0.29) is 6.04 Å². The maximum absolute atomic E-state index is 5.99. The number of aromatic nitrogens is 2. The van der Waals surface area contributed by atoms with Crippen LogP contribution in [0.2, 0.25) is 0 Å². The first-order valence-corrected chi connectivity index (χ1v) is 7.57. The van der Waals surface area contributed by atoms with E-state index in [1.165, 1.54) is 11.5 Å². The monoisotopic (exact) mass is 303 g/mol. The van der Waals surface area contributed by atoms with Crippen LogP contribution in [0.3, 0.4) is 0 Å². The summed E-state index contributed by atoms with van der Waals surface area (Å²) in [7, 11) is 0. The zero-order valence-electron chi connectivity index (χ0n) is 11.7. The van der Waals surface area contributed by atoms with Crippen LogP contribution in [-0.4, -0.2) is 22.2 Å². The third-order valence-corrected chi connectivity index (χ3v) is 4.23. The van der Waals surface area contributed by atoms with E-state index < -0.39 is 0 Å². The normalized spacial score (nSPS) is 18.0. The molecule has 0 saturated carbocycles. The Morgan fingerprint density at radius 1 is 1.52 bits per heavy atom. The molecule has 1 aromatic carbocycles. The largest absolute Gasteiger partial charge is 0.493 e. The minimum atomic E-state index is 0.138.